The molecule has 114 valence electrons. The topological polar surface area (TPSA) is 75.6 Å². The van der Waals surface area contributed by atoms with Gasteiger partial charge in [0, 0.05) is 6.54 Å². The van der Waals surface area contributed by atoms with Gasteiger partial charge in [0.05, 0.1) is 18.1 Å². The van der Waals surface area contributed by atoms with E-state index in [2.05, 4.69) is 4.72 Å². The first-order valence-electron chi connectivity index (χ1n) is 6.52. The first-order valence-corrected chi connectivity index (χ1v) is 8.00. The molecule has 0 bridgehead atoms. The van der Waals surface area contributed by atoms with Crippen LogP contribution in [0.5, 0.6) is 5.75 Å². The quantitative estimate of drug-likeness (QED) is 0.837. The number of aliphatic hydroxyl groups is 1. The van der Waals surface area contributed by atoms with Gasteiger partial charge in [-0.05, 0) is 43.0 Å². The van der Waals surface area contributed by atoms with Gasteiger partial charge in [0.1, 0.15) is 5.75 Å². The third-order valence-corrected chi connectivity index (χ3v) is 4.92. The number of ether oxygens (including phenoxy) is 1. The van der Waals surface area contributed by atoms with E-state index in [1.807, 2.05) is 13.8 Å². The van der Waals surface area contributed by atoms with Gasteiger partial charge in [-0.15, -0.1) is 0 Å². The Morgan fingerprint density at radius 1 is 1.25 bits per heavy atom. The van der Waals surface area contributed by atoms with E-state index >= 15 is 0 Å². The highest BCUT2D eigenvalue weighted by Gasteiger charge is 2.22. The molecule has 6 heteroatoms. The molecule has 0 spiro atoms. The fraction of sp³-hybridized carbons (Fsp3) is 0.571. The van der Waals surface area contributed by atoms with E-state index in [0.29, 0.717) is 16.9 Å². The molecule has 0 aliphatic carbocycles. The van der Waals surface area contributed by atoms with Crippen LogP contribution < -0.4 is 9.46 Å². The summed E-state index contributed by atoms with van der Waals surface area (Å²) in [4.78, 5) is 0.245. The maximum Gasteiger partial charge on any atom is 0.241 e. The zero-order valence-corrected chi connectivity index (χ0v) is 13.4. The molecule has 1 unspecified atom stereocenters. The summed E-state index contributed by atoms with van der Waals surface area (Å²) in [5.41, 5.74) is 1.24. The average Bonchev–Trinajstić information content (AvgIpc) is 2.34. The van der Waals surface area contributed by atoms with Crippen molar-refractivity contribution in [3.63, 3.8) is 0 Å². The SMILES string of the molecule is COc1cc(C)c(S(=O)(=O)NCC(O)C(C)C)c(C)c1. The van der Waals surface area contributed by atoms with Crippen molar-refractivity contribution in [2.75, 3.05) is 13.7 Å². The van der Waals surface area contributed by atoms with Crippen LogP contribution in [0, 0.1) is 19.8 Å². The van der Waals surface area contributed by atoms with Gasteiger partial charge in [-0.25, -0.2) is 13.1 Å². The minimum atomic E-state index is -3.64. The van der Waals surface area contributed by atoms with Crippen molar-refractivity contribution in [2.24, 2.45) is 5.92 Å². The number of nitrogens with one attached hydrogen (secondary N) is 1. The van der Waals surface area contributed by atoms with Crippen molar-refractivity contribution in [1.29, 1.82) is 0 Å². The fourth-order valence-electron chi connectivity index (χ4n) is 1.96. The number of aryl methyl sites for hydroxylation is 2. The van der Waals surface area contributed by atoms with Crippen LogP contribution in [-0.4, -0.2) is 33.3 Å². The highest BCUT2D eigenvalue weighted by atomic mass is 32.2. The van der Waals surface area contributed by atoms with Crippen molar-refractivity contribution in [3.8, 4) is 5.75 Å². The van der Waals surface area contributed by atoms with Crippen LogP contribution in [0.3, 0.4) is 0 Å². The van der Waals surface area contributed by atoms with Gasteiger partial charge in [0.2, 0.25) is 10.0 Å². The predicted molar refractivity (Wildman–Crippen MR) is 78.5 cm³/mol. The molecule has 0 fully saturated rings. The maximum atomic E-state index is 12.3. The summed E-state index contributed by atoms with van der Waals surface area (Å²) in [5, 5.41) is 9.71. The Balaban J connectivity index is 3.04. The molecule has 1 aromatic carbocycles. The van der Waals surface area contributed by atoms with Crippen LogP contribution >= 0.6 is 0 Å². The number of rotatable bonds is 6. The molecule has 1 rings (SSSR count). The first-order chi connectivity index (χ1) is 9.19. The molecule has 0 amide bonds. The Kier molecular flexibility index (Phi) is 5.56. The molecule has 0 saturated heterocycles. The number of hydrogen-bond acceptors (Lipinski definition) is 4. The van der Waals surface area contributed by atoms with E-state index in [0.717, 1.165) is 0 Å². The minimum absolute atomic E-state index is 0.00392. The Morgan fingerprint density at radius 2 is 1.75 bits per heavy atom. The van der Waals surface area contributed by atoms with E-state index in [1.54, 1.807) is 33.1 Å². The van der Waals surface area contributed by atoms with Gasteiger partial charge in [0.15, 0.2) is 0 Å². The molecule has 20 heavy (non-hydrogen) atoms. The van der Waals surface area contributed by atoms with Gasteiger partial charge in [-0.2, -0.15) is 0 Å². The van der Waals surface area contributed by atoms with Crippen LogP contribution in [0.1, 0.15) is 25.0 Å². The lowest BCUT2D eigenvalue weighted by molar-refractivity contribution is 0.129. The Bertz CT molecular complexity index is 544. The van der Waals surface area contributed by atoms with E-state index < -0.39 is 16.1 Å². The second-order valence-corrected chi connectivity index (χ2v) is 6.96. The van der Waals surface area contributed by atoms with Crippen LogP contribution in [-0.2, 0) is 10.0 Å². The monoisotopic (exact) mass is 301 g/mol. The largest absolute Gasteiger partial charge is 0.497 e. The van der Waals surface area contributed by atoms with Crippen molar-refractivity contribution in [1.82, 2.24) is 4.72 Å². The van der Waals surface area contributed by atoms with Gasteiger partial charge >= 0.3 is 0 Å². The fourth-order valence-corrected chi connectivity index (χ4v) is 3.46. The molecular formula is C14H23NO4S. The highest BCUT2D eigenvalue weighted by molar-refractivity contribution is 7.89. The molecule has 0 aromatic heterocycles. The summed E-state index contributed by atoms with van der Waals surface area (Å²) in [6.07, 6.45) is -0.705. The molecule has 0 heterocycles. The van der Waals surface area contributed by atoms with Crippen molar-refractivity contribution in [2.45, 2.75) is 38.7 Å². The molecule has 0 radical (unpaired) electrons. The van der Waals surface area contributed by atoms with Crippen molar-refractivity contribution < 1.29 is 18.3 Å². The van der Waals surface area contributed by atoms with E-state index in [1.165, 1.54) is 0 Å². The number of benzene rings is 1. The first kappa shape index (κ1) is 16.9. The molecule has 0 aliphatic heterocycles. The number of aliphatic hydroxyl groups excluding tert-OH is 1. The van der Waals surface area contributed by atoms with Crippen LogP contribution in [0.15, 0.2) is 17.0 Å². The predicted octanol–water partition coefficient (Wildman–Crippen LogP) is 1.61. The molecule has 1 atom stereocenters. The zero-order valence-electron chi connectivity index (χ0n) is 12.6. The van der Waals surface area contributed by atoms with Crippen molar-refractivity contribution in [3.05, 3.63) is 23.3 Å². The Morgan fingerprint density at radius 3 is 2.15 bits per heavy atom. The summed E-state index contributed by atoms with van der Waals surface area (Å²) in [7, 11) is -2.10. The maximum absolute atomic E-state index is 12.3. The number of methoxy groups -OCH3 is 1. The lowest BCUT2D eigenvalue weighted by atomic mass is 10.1. The number of hydrogen-bond donors (Lipinski definition) is 2. The standard InChI is InChI=1S/C14H23NO4S/c1-9(2)13(16)8-15-20(17,18)14-10(3)6-12(19-5)7-11(14)4/h6-7,9,13,15-16H,8H2,1-5H3. The second-order valence-electron chi connectivity index (χ2n) is 5.25. The van der Waals surface area contributed by atoms with Crippen LogP contribution in [0.25, 0.3) is 0 Å². The second kappa shape index (κ2) is 6.56. The van der Waals surface area contributed by atoms with E-state index in [-0.39, 0.29) is 17.4 Å². The highest BCUT2D eigenvalue weighted by Crippen LogP contribution is 2.25. The molecular weight excluding hydrogens is 278 g/mol. The van der Waals surface area contributed by atoms with Gasteiger partial charge in [-0.1, -0.05) is 13.8 Å². The smallest absolute Gasteiger partial charge is 0.241 e. The summed E-state index contributed by atoms with van der Waals surface area (Å²) >= 11 is 0. The lowest BCUT2D eigenvalue weighted by Crippen LogP contribution is -2.35. The van der Waals surface area contributed by atoms with Gasteiger partial charge in [-0.3, -0.25) is 0 Å². The average molecular weight is 301 g/mol. The Hall–Kier alpha value is -1.11. The summed E-state index contributed by atoms with van der Waals surface area (Å²) in [6, 6.07) is 3.36. The van der Waals surface area contributed by atoms with E-state index in [9.17, 15) is 13.5 Å². The van der Waals surface area contributed by atoms with Crippen LogP contribution in [0.4, 0.5) is 0 Å². The normalized spacial score (nSPS) is 13.6. The van der Waals surface area contributed by atoms with E-state index in [4.69, 9.17) is 4.74 Å². The van der Waals surface area contributed by atoms with Gasteiger partial charge < -0.3 is 9.84 Å². The third-order valence-electron chi connectivity index (χ3n) is 3.19. The summed E-state index contributed by atoms with van der Waals surface area (Å²) in [5.74, 6) is 0.622. The molecule has 1 aromatic rings. The minimum Gasteiger partial charge on any atom is -0.497 e. The van der Waals surface area contributed by atoms with Crippen LogP contribution in [0.2, 0.25) is 0 Å². The molecule has 0 aliphatic rings. The Labute approximate surface area is 121 Å². The van der Waals surface area contributed by atoms with Gasteiger partial charge in [0.25, 0.3) is 0 Å². The molecule has 2 N–H and O–H groups in total. The van der Waals surface area contributed by atoms with Crippen molar-refractivity contribution >= 4 is 10.0 Å². The zero-order chi connectivity index (χ0) is 15.5. The lowest BCUT2D eigenvalue weighted by Gasteiger charge is -2.17. The summed E-state index contributed by atoms with van der Waals surface area (Å²) in [6.45, 7) is 7.13. The molecule has 0 saturated carbocycles. The number of sulfonamides is 1. The molecule has 5 nitrogen and oxygen atoms in total. The summed E-state index contributed by atoms with van der Waals surface area (Å²) < 4.78 is 32.2. The third kappa shape index (κ3) is 3.94.